The van der Waals surface area contributed by atoms with Gasteiger partial charge >= 0.3 is 5.97 Å². The lowest BCUT2D eigenvalue weighted by atomic mass is 9.49. The topological polar surface area (TPSA) is 100 Å². The van der Waals surface area contributed by atoms with Crippen molar-refractivity contribution in [1.82, 2.24) is 15.6 Å². The van der Waals surface area contributed by atoms with Gasteiger partial charge in [-0.05, 0) is 73.3 Å². The zero-order valence-corrected chi connectivity index (χ0v) is 19.2. The van der Waals surface area contributed by atoms with E-state index in [1.807, 2.05) is 30.5 Å². The predicted molar refractivity (Wildman–Crippen MR) is 124 cm³/mol. The van der Waals surface area contributed by atoms with Gasteiger partial charge in [0.05, 0.1) is 13.7 Å². The molecular weight excluding hydrogens is 418 g/mol. The highest BCUT2D eigenvalue weighted by Crippen LogP contribution is 2.61. The number of para-hydroxylation sites is 1. The molecule has 4 bridgehead atoms. The number of methoxy groups -OCH3 is 1. The van der Waals surface area contributed by atoms with Crippen molar-refractivity contribution in [3.63, 3.8) is 0 Å². The normalized spacial score (nSPS) is 28.5. The Hall–Kier alpha value is -2.83. The predicted octanol–water partition coefficient (Wildman–Crippen LogP) is 3.09. The fourth-order valence-corrected chi connectivity index (χ4v) is 7.19. The van der Waals surface area contributed by atoms with Crippen LogP contribution in [0.25, 0.3) is 10.9 Å². The number of hydrogen-bond donors (Lipinski definition) is 3. The first-order chi connectivity index (χ1) is 15.9. The van der Waals surface area contributed by atoms with Crippen LogP contribution in [0.2, 0.25) is 0 Å². The molecule has 7 heteroatoms. The number of benzene rings is 1. The molecule has 0 radical (unpaired) electrons. The summed E-state index contributed by atoms with van der Waals surface area (Å²) in [5, 5.41) is 6.55. The van der Waals surface area contributed by atoms with E-state index in [9.17, 15) is 14.4 Å². The van der Waals surface area contributed by atoms with Crippen molar-refractivity contribution in [3.8, 4) is 0 Å². The number of amides is 2. The van der Waals surface area contributed by atoms with Crippen LogP contribution in [0.15, 0.2) is 30.5 Å². The molecule has 2 aromatic rings. The van der Waals surface area contributed by atoms with E-state index >= 15 is 0 Å². The van der Waals surface area contributed by atoms with Crippen molar-refractivity contribution >= 4 is 28.7 Å². The maximum atomic E-state index is 12.7. The molecular formula is C26H33N3O4. The maximum absolute atomic E-state index is 12.7. The van der Waals surface area contributed by atoms with Crippen molar-refractivity contribution < 1.29 is 19.1 Å². The van der Waals surface area contributed by atoms with E-state index in [-0.39, 0.29) is 23.8 Å². The molecule has 7 nitrogen and oxygen atoms in total. The van der Waals surface area contributed by atoms with E-state index in [0.29, 0.717) is 12.8 Å². The van der Waals surface area contributed by atoms with Crippen molar-refractivity contribution in [2.45, 2.75) is 57.4 Å². The SMILES string of the molecule is COC(=O)[C@@H](Cc1c[nH]c2ccccc12)NC(=O)CNC(=O)CC12CC3CC(CC(C3)C1)C2. The highest BCUT2D eigenvalue weighted by atomic mass is 16.5. The highest BCUT2D eigenvalue weighted by Gasteiger charge is 2.51. The van der Waals surface area contributed by atoms with Gasteiger partial charge in [-0.15, -0.1) is 0 Å². The minimum Gasteiger partial charge on any atom is -0.467 e. The highest BCUT2D eigenvalue weighted by molar-refractivity contribution is 5.89. The van der Waals surface area contributed by atoms with Gasteiger partial charge in [-0.1, -0.05) is 18.2 Å². The van der Waals surface area contributed by atoms with Crippen LogP contribution in [-0.4, -0.2) is 42.5 Å². The van der Waals surface area contributed by atoms with Gasteiger partial charge in [0.25, 0.3) is 0 Å². The average molecular weight is 452 g/mol. The van der Waals surface area contributed by atoms with Gasteiger partial charge < -0.3 is 20.4 Å². The Morgan fingerprint density at radius 3 is 2.39 bits per heavy atom. The average Bonchev–Trinajstić information content (AvgIpc) is 3.18. The molecule has 1 atom stereocenters. The van der Waals surface area contributed by atoms with Gasteiger partial charge in [0.15, 0.2) is 0 Å². The molecule has 1 heterocycles. The summed E-state index contributed by atoms with van der Waals surface area (Å²) in [6.45, 7) is -0.132. The van der Waals surface area contributed by atoms with Crippen LogP contribution in [0.3, 0.4) is 0 Å². The monoisotopic (exact) mass is 451 g/mol. The first-order valence-electron chi connectivity index (χ1n) is 12.1. The lowest BCUT2D eigenvalue weighted by Crippen LogP contribution is -2.49. The molecule has 6 rings (SSSR count). The van der Waals surface area contributed by atoms with E-state index in [0.717, 1.165) is 53.5 Å². The molecule has 176 valence electrons. The number of ether oxygens (including phenoxy) is 1. The minimum absolute atomic E-state index is 0.0571. The molecule has 4 aliphatic carbocycles. The maximum Gasteiger partial charge on any atom is 0.328 e. The van der Waals surface area contributed by atoms with Gasteiger partial charge in [-0.2, -0.15) is 0 Å². The molecule has 4 fully saturated rings. The Labute approximate surface area is 194 Å². The number of esters is 1. The number of aromatic nitrogens is 1. The number of hydrogen-bond acceptors (Lipinski definition) is 4. The third kappa shape index (κ3) is 4.63. The minimum atomic E-state index is -0.818. The first-order valence-corrected chi connectivity index (χ1v) is 12.1. The summed E-state index contributed by atoms with van der Waals surface area (Å²) in [5.41, 5.74) is 2.03. The number of carbonyl (C=O) groups excluding carboxylic acids is 3. The Balaban J connectivity index is 1.16. The van der Waals surface area contributed by atoms with Gasteiger partial charge in [0.1, 0.15) is 6.04 Å². The molecule has 2 amide bonds. The van der Waals surface area contributed by atoms with Crippen LogP contribution in [0, 0.1) is 23.2 Å². The summed E-state index contributed by atoms with van der Waals surface area (Å²) in [7, 11) is 1.31. The van der Waals surface area contributed by atoms with Crippen LogP contribution in [0.1, 0.15) is 50.5 Å². The Morgan fingerprint density at radius 2 is 1.73 bits per heavy atom. The molecule has 1 aromatic heterocycles. The number of carbonyl (C=O) groups is 3. The third-order valence-corrected chi connectivity index (χ3v) is 8.07. The number of fused-ring (bicyclic) bond motifs is 1. The van der Waals surface area contributed by atoms with Crippen LogP contribution in [0.5, 0.6) is 0 Å². The van der Waals surface area contributed by atoms with Crippen LogP contribution < -0.4 is 10.6 Å². The van der Waals surface area contributed by atoms with Gasteiger partial charge in [0.2, 0.25) is 11.8 Å². The second kappa shape index (κ2) is 8.84. The lowest BCUT2D eigenvalue weighted by Gasteiger charge is -2.56. The standard InChI is InChI=1S/C26H33N3O4/c1-33-25(32)22(9-19-14-27-21-5-3-2-4-20(19)21)29-24(31)15-28-23(30)13-26-10-16-6-17(11-26)8-18(7-16)12-26/h2-5,14,16-18,22,27H,6-13,15H2,1H3,(H,28,30)(H,29,31)/t16?,17?,18?,22-,26?/m1/s1. The largest absolute Gasteiger partial charge is 0.467 e. The molecule has 3 N–H and O–H groups in total. The third-order valence-electron chi connectivity index (χ3n) is 8.07. The molecule has 0 saturated heterocycles. The van der Waals surface area contributed by atoms with Crippen molar-refractivity contribution in [1.29, 1.82) is 0 Å². The molecule has 0 aliphatic heterocycles. The zero-order valence-electron chi connectivity index (χ0n) is 19.2. The van der Waals surface area contributed by atoms with Crippen molar-refractivity contribution in [2.24, 2.45) is 23.2 Å². The van der Waals surface area contributed by atoms with Crippen LogP contribution in [-0.2, 0) is 25.5 Å². The number of aromatic amines is 1. The van der Waals surface area contributed by atoms with Crippen LogP contribution >= 0.6 is 0 Å². The van der Waals surface area contributed by atoms with Gasteiger partial charge in [-0.3, -0.25) is 9.59 Å². The molecule has 33 heavy (non-hydrogen) atoms. The van der Waals surface area contributed by atoms with E-state index < -0.39 is 12.0 Å². The summed E-state index contributed by atoms with van der Waals surface area (Å²) >= 11 is 0. The van der Waals surface area contributed by atoms with E-state index in [2.05, 4.69) is 15.6 Å². The molecule has 4 aliphatic rings. The van der Waals surface area contributed by atoms with E-state index in [4.69, 9.17) is 4.74 Å². The summed E-state index contributed by atoms with van der Waals surface area (Å²) in [6.07, 6.45) is 10.2. The molecule has 1 aromatic carbocycles. The number of H-pyrrole nitrogens is 1. The van der Waals surface area contributed by atoms with Crippen molar-refractivity contribution in [2.75, 3.05) is 13.7 Å². The fourth-order valence-electron chi connectivity index (χ4n) is 7.19. The second-order valence-corrected chi connectivity index (χ2v) is 10.6. The Kier molecular flexibility index (Phi) is 5.89. The fraction of sp³-hybridized carbons (Fsp3) is 0.577. The van der Waals surface area contributed by atoms with E-state index in [1.165, 1.54) is 26.4 Å². The van der Waals surface area contributed by atoms with Gasteiger partial charge in [0, 0.05) is 29.9 Å². The number of rotatable bonds is 8. The zero-order chi connectivity index (χ0) is 23.0. The first kappa shape index (κ1) is 22.0. The molecule has 0 spiro atoms. The Bertz CT molecular complexity index is 1020. The molecule has 0 unspecified atom stereocenters. The Morgan fingerprint density at radius 1 is 1.06 bits per heavy atom. The summed E-state index contributed by atoms with van der Waals surface area (Å²) in [6, 6.07) is 6.99. The smallest absolute Gasteiger partial charge is 0.328 e. The molecule has 4 saturated carbocycles. The van der Waals surface area contributed by atoms with Crippen molar-refractivity contribution in [3.05, 3.63) is 36.0 Å². The summed E-state index contributed by atoms with van der Waals surface area (Å²) in [5.74, 6) is 1.42. The summed E-state index contributed by atoms with van der Waals surface area (Å²) < 4.78 is 4.91. The second-order valence-electron chi connectivity index (χ2n) is 10.6. The quantitative estimate of drug-likeness (QED) is 0.537. The van der Waals surface area contributed by atoms with Crippen LogP contribution in [0.4, 0.5) is 0 Å². The van der Waals surface area contributed by atoms with E-state index in [1.54, 1.807) is 0 Å². The summed E-state index contributed by atoms with van der Waals surface area (Å²) in [4.78, 5) is 40.8. The van der Waals surface area contributed by atoms with Gasteiger partial charge in [-0.25, -0.2) is 4.79 Å². The lowest BCUT2D eigenvalue weighted by molar-refractivity contribution is -0.145. The number of nitrogens with one attached hydrogen (secondary N) is 3.